The lowest BCUT2D eigenvalue weighted by atomic mass is 10.0. The maximum absolute atomic E-state index is 5.81. The van der Waals surface area contributed by atoms with E-state index in [1.807, 2.05) is 54.6 Å². The highest BCUT2D eigenvalue weighted by molar-refractivity contribution is 6.30. The van der Waals surface area contributed by atoms with Crippen molar-refractivity contribution in [2.24, 2.45) is 5.73 Å². The van der Waals surface area contributed by atoms with Gasteiger partial charge in [-0.15, -0.1) is 0 Å². The zero-order valence-corrected chi connectivity index (χ0v) is 18.2. The highest BCUT2D eigenvalue weighted by atomic mass is 35.5. The molecule has 0 aliphatic carbocycles. The van der Waals surface area contributed by atoms with Crippen molar-refractivity contribution in [2.45, 2.75) is 33.3 Å². The van der Waals surface area contributed by atoms with Crippen LogP contribution in [0.4, 0.5) is 0 Å². The molecule has 0 saturated carbocycles. The summed E-state index contributed by atoms with van der Waals surface area (Å²) in [6, 6.07) is 23.9. The van der Waals surface area contributed by atoms with Crippen LogP contribution in [-0.2, 0) is 6.61 Å². The highest BCUT2D eigenvalue weighted by Crippen LogP contribution is 2.20. The van der Waals surface area contributed by atoms with Gasteiger partial charge >= 0.3 is 0 Å². The molecular weight excluding hydrogens is 382 g/mol. The van der Waals surface area contributed by atoms with Crippen LogP contribution in [0.1, 0.15) is 36.5 Å². The van der Waals surface area contributed by atoms with Crippen LogP contribution in [0.5, 0.6) is 11.5 Å². The average Bonchev–Trinajstić information content (AvgIpc) is 2.72. The summed E-state index contributed by atoms with van der Waals surface area (Å²) in [5.74, 6) is 2.35. The summed E-state index contributed by atoms with van der Waals surface area (Å²) in [4.78, 5) is 0. The van der Waals surface area contributed by atoms with Gasteiger partial charge in [0.15, 0.2) is 0 Å². The molecule has 0 bridgehead atoms. The van der Waals surface area contributed by atoms with Gasteiger partial charge in [0.2, 0.25) is 0 Å². The van der Waals surface area contributed by atoms with E-state index in [9.17, 15) is 0 Å². The van der Waals surface area contributed by atoms with Gasteiger partial charge in [-0.1, -0.05) is 61.8 Å². The number of benzene rings is 3. The summed E-state index contributed by atoms with van der Waals surface area (Å²) in [6.07, 6.45) is 0. The lowest BCUT2D eigenvalue weighted by Crippen LogP contribution is -2.10. The van der Waals surface area contributed by atoms with E-state index >= 15 is 0 Å². The molecule has 0 aromatic heterocycles. The van der Waals surface area contributed by atoms with Crippen molar-refractivity contribution in [3.63, 3.8) is 0 Å². The highest BCUT2D eigenvalue weighted by Gasteiger charge is 2.00. The Bertz CT molecular complexity index is 863. The molecule has 29 heavy (non-hydrogen) atoms. The Morgan fingerprint density at radius 2 is 1.52 bits per heavy atom. The molecule has 154 valence electrons. The third kappa shape index (κ3) is 8.59. The molecule has 0 spiro atoms. The van der Waals surface area contributed by atoms with Crippen LogP contribution in [0.3, 0.4) is 0 Å². The lowest BCUT2D eigenvalue weighted by molar-refractivity contribution is 0.306. The minimum atomic E-state index is 0.543. The normalized spacial score (nSPS) is 10.3. The van der Waals surface area contributed by atoms with Crippen LogP contribution in [0.15, 0.2) is 72.8 Å². The average molecular weight is 412 g/mol. The van der Waals surface area contributed by atoms with Crippen molar-refractivity contribution in [1.29, 1.82) is 0 Å². The summed E-state index contributed by atoms with van der Waals surface area (Å²) in [5.41, 5.74) is 8.97. The summed E-state index contributed by atoms with van der Waals surface area (Å²) < 4.78 is 11.1. The molecule has 4 heteroatoms. The van der Waals surface area contributed by atoms with Gasteiger partial charge in [0.05, 0.1) is 0 Å². The lowest BCUT2D eigenvalue weighted by Gasteiger charge is -2.08. The topological polar surface area (TPSA) is 44.5 Å². The minimum absolute atomic E-state index is 0.543. The number of hydrogen-bond acceptors (Lipinski definition) is 3. The van der Waals surface area contributed by atoms with E-state index in [2.05, 4.69) is 39.0 Å². The molecule has 2 N–H and O–H groups in total. The molecule has 0 saturated heterocycles. The van der Waals surface area contributed by atoms with E-state index < -0.39 is 0 Å². The second-order valence-corrected chi connectivity index (χ2v) is 7.53. The van der Waals surface area contributed by atoms with E-state index in [0.717, 1.165) is 22.1 Å². The standard InChI is InChI=1S/C14H13ClO.C11H17NO/c1-11-3-2-4-14(9-11)16-10-12-5-7-13(15)8-6-12;1-9(2)10-4-3-5-11(8-10)13-7-6-12/h2-9H,10H2,1H3;3-5,8-9H,6-7,12H2,1-2H3. The predicted octanol–water partition coefficient (Wildman–Crippen LogP) is 6.37. The minimum Gasteiger partial charge on any atom is -0.492 e. The molecule has 0 atom stereocenters. The van der Waals surface area contributed by atoms with Crippen LogP contribution in [0.25, 0.3) is 0 Å². The van der Waals surface area contributed by atoms with Gasteiger partial charge in [0.25, 0.3) is 0 Å². The number of rotatable bonds is 7. The van der Waals surface area contributed by atoms with Crippen molar-refractivity contribution >= 4 is 11.6 Å². The summed E-state index contributed by atoms with van der Waals surface area (Å²) in [6.45, 7) is 8.10. The number of ether oxygens (including phenoxy) is 2. The Morgan fingerprint density at radius 3 is 2.14 bits per heavy atom. The number of aryl methyl sites for hydroxylation is 1. The monoisotopic (exact) mass is 411 g/mol. The summed E-state index contributed by atoms with van der Waals surface area (Å²) in [5, 5.41) is 0.749. The molecule has 0 heterocycles. The Morgan fingerprint density at radius 1 is 0.862 bits per heavy atom. The fraction of sp³-hybridized carbons (Fsp3) is 0.280. The molecule has 3 rings (SSSR count). The van der Waals surface area contributed by atoms with E-state index in [0.29, 0.717) is 25.7 Å². The van der Waals surface area contributed by atoms with Gasteiger partial charge in [0.1, 0.15) is 24.7 Å². The zero-order chi connectivity index (χ0) is 21.1. The van der Waals surface area contributed by atoms with Gasteiger partial charge in [0, 0.05) is 11.6 Å². The molecule has 3 aromatic rings. The third-order valence-corrected chi connectivity index (χ3v) is 4.47. The van der Waals surface area contributed by atoms with E-state index in [4.69, 9.17) is 26.8 Å². The third-order valence-electron chi connectivity index (χ3n) is 4.22. The van der Waals surface area contributed by atoms with Gasteiger partial charge in [-0.05, 0) is 65.9 Å². The Hall–Kier alpha value is -2.49. The maximum Gasteiger partial charge on any atom is 0.120 e. The molecule has 0 radical (unpaired) electrons. The van der Waals surface area contributed by atoms with Crippen LogP contribution < -0.4 is 15.2 Å². The summed E-state index contributed by atoms with van der Waals surface area (Å²) in [7, 11) is 0. The second kappa shape index (κ2) is 12.2. The predicted molar refractivity (Wildman–Crippen MR) is 122 cm³/mol. The maximum atomic E-state index is 5.81. The molecule has 0 amide bonds. The zero-order valence-electron chi connectivity index (χ0n) is 17.4. The van der Waals surface area contributed by atoms with Gasteiger partial charge < -0.3 is 15.2 Å². The first-order chi connectivity index (χ1) is 14.0. The van der Waals surface area contributed by atoms with Gasteiger partial charge in [-0.25, -0.2) is 0 Å². The van der Waals surface area contributed by atoms with Crippen molar-refractivity contribution < 1.29 is 9.47 Å². The van der Waals surface area contributed by atoms with Crippen molar-refractivity contribution in [2.75, 3.05) is 13.2 Å². The van der Waals surface area contributed by atoms with Gasteiger partial charge in [-0.3, -0.25) is 0 Å². The van der Waals surface area contributed by atoms with Crippen molar-refractivity contribution in [3.05, 3.63) is 94.5 Å². The molecular formula is C25H30ClNO2. The van der Waals surface area contributed by atoms with E-state index in [1.54, 1.807) is 0 Å². The summed E-state index contributed by atoms with van der Waals surface area (Å²) >= 11 is 5.81. The smallest absolute Gasteiger partial charge is 0.120 e. The van der Waals surface area contributed by atoms with Crippen molar-refractivity contribution in [1.82, 2.24) is 0 Å². The molecule has 0 fully saturated rings. The van der Waals surface area contributed by atoms with Crippen molar-refractivity contribution in [3.8, 4) is 11.5 Å². The number of hydrogen-bond donors (Lipinski definition) is 1. The first-order valence-corrected chi connectivity index (χ1v) is 10.2. The SMILES string of the molecule is CC(C)c1cccc(OCCN)c1.Cc1cccc(OCc2ccc(Cl)cc2)c1. The Kier molecular flexibility index (Phi) is 9.55. The molecule has 0 unspecified atom stereocenters. The molecule has 0 aliphatic rings. The van der Waals surface area contributed by atoms with Crippen LogP contribution in [0.2, 0.25) is 5.02 Å². The molecule has 3 aromatic carbocycles. The Labute approximate surface area is 179 Å². The largest absolute Gasteiger partial charge is 0.492 e. The van der Waals surface area contributed by atoms with Crippen LogP contribution in [0, 0.1) is 6.92 Å². The fourth-order valence-corrected chi connectivity index (χ4v) is 2.72. The molecule has 0 aliphatic heterocycles. The Balaban J connectivity index is 0.000000212. The van der Waals surface area contributed by atoms with Gasteiger partial charge in [-0.2, -0.15) is 0 Å². The first kappa shape index (κ1) is 22.8. The number of nitrogens with two attached hydrogens (primary N) is 1. The fourth-order valence-electron chi connectivity index (χ4n) is 2.59. The quantitative estimate of drug-likeness (QED) is 0.490. The second-order valence-electron chi connectivity index (χ2n) is 7.10. The first-order valence-electron chi connectivity index (χ1n) is 9.84. The van der Waals surface area contributed by atoms with E-state index in [1.165, 1.54) is 11.1 Å². The van der Waals surface area contributed by atoms with E-state index in [-0.39, 0.29) is 0 Å². The van der Waals surface area contributed by atoms with Crippen LogP contribution in [-0.4, -0.2) is 13.2 Å². The number of halogens is 1. The van der Waals surface area contributed by atoms with Crippen LogP contribution >= 0.6 is 11.6 Å². The molecule has 3 nitrogen and oxygen atoms in total.